The second kappa shape index (κ2) is 18.2. The minimum absolute atomic E-state index is 0.0140. The Morgan fingerprint density at radius 2 is 1.00 bits per heavy atom. The first-order chi connectivity index (χ1) is 11.2. The lowest BCUT2D eigenvalue weighted by Gasteiger charge is -2.13. The van der Waals surface area contributed by atoms with Crippen molar-refractivity contribution in [3.8, 4) is 0 Å². The predicted octanol–water partition coefficient (Wildman–Crippen LogP) is 4.21. The molecule has 0 saturated heterocycles. The number of aliphatic hydroxyl groups is 2. The van der Waals surface area contributed by atoms with Gasteiger partial charge in [0, 0.05) is 0 Å². The molecular weight excluding hydrogens is 286 g/mol. The summed E-state index contributed by atoms with van der Waals surface area (Å²) >= 11 is 0. The summed E-state index contributed by atoms with van der Waals surface area (Å²) in [7, 11) is 0. The molecule has 2 atom stereocenters. The number of rotatable bonds is 18. The third-order valence-electron chi connectivity index (χ3n) is 4.88. The minimum atomic E-state index is -0.429. The van der Waals surface area contributed by atoms with Crippen molar-refractivity contribution in [1.82, 2.24) is 0 Å². The van der Waals surface area contributed by atoms with Gasteiger partial charge in [-0.1, -0.05) is 103 Å². The van der Waals surface area contributed by atoms with Crippen molar-refractivity contribution in [1.29, 1.82) is 0 Å². The second-order valence-corrected chi connectivity index (χ2v) is 7.25. The molecule has 0 spiro atoms. The van der Waals surface area contributed by atoms with E-state index in [0.717, 1.165) is 12.8 Å². The highest BCUT2D eigenvalue weighted by Gasteiger charge is 2.15. The van der Waals surface area contributed by atoms with E-state index in [1.807, 2.05) is 0 Å². The number of aliphatic hydroxyl groups excluding tert-OH is 2. The predicted molar refractivity (Wildman–Crippen MR) is 99.3 cm³/mol. The van der Waals surface area contributed by atoms with E-state index >= 15 is 0 Å². The SMILES string of the molecule is CCCCCCCCCCCCCCCCC[C@H](O)[C@H]([NH3+])CO. The van der Waals surface area contributed by atoms with Crippen LogP contribution >= 0.6 is 0 Å². The summed E-state index contributed by atoms with van der Waals surface area (Å²) in [6.07, 6.45) is 20.8. The Hall–Kier alpha value is -0.120. The molecule has 0 heterocycles. The van der Waals surface area contributed by atoms with Gasteiger partial charge in [0.2, 0.25) is 0 Å². The molecule has 0 amide bonds. The fourth-order valence-corrected chi connectivity index (χ4v) is 3.08. The first kappa shape index (κ1) is 22.9. The molecule has 0 unspecified atom stereocenters. The summed E-state index contributed by atoms with van der Waals surface area (Å²) in [6.45, 7) is 2.26. The van der Waals surface area contributed by atoms with Crippen molar-refractivity contribution in [2.24, 2.45) is 0 Å². The molecule has 0 saturated carbocycles. The van der Waals surface area contributed by atoms with E-state index in [1.54, 1.807) is 0 Å². The summed E-state index contributed by atoms with van der Waals surface area (Å²) in [5.41, 5.74) is 3.74. The standard InChI is InChI=1S/C20H43NO2/c1-2-3-4-5-6-7-8-9-10-11-12-13-14-15-16-17-20(23)19(21)18-22/h19-20,22-23H,2-18,21H2,1H3/p+1/t19-,20+/m1/s1. The Morgan fingerprint density at radius 1 is 0.652 bits per heavy atom. The average molecular weight is 331 g/mol. The van der Waals surface area contributed by atoms with Crippen LogP contribution in [-0.4, -0.2) is 29.0 Å². The van der Waals surface area contributed by atoms with E-state index in [4.69, 9.17) is 5.11 Å². The van der Waals surface area contributed by atoms with E-state index in [1.165, 1.54) is 89.9 Å². The lowest BCUT2D eigenvalue weighted by Crippen LogP contribution is -2.68. The van der Waals surface area contributed by atoms with Crippen LogP contribution in [0.4, 0.5) is 0 Å². The van der Waals surface area contributed by atoms with E-state index in [-0.39, 0.29) is 12.6 Å². The quantitative estimate of drug-likeness (QED) is 0.329. The third-order valence-corrected chi connectivity index (χ3v) is 4.88. The smallest absolute Gasteiger partial charge is 0.134 e. The lowest BCUT2D eigenvalue weighted by atomic mass is 10.0. The van der Waals surface area contributed by atoms with Crippen LogP contribution in [0.15, 0.2) is 0 Å². The van der Waals surface area contributed by atoms with E-state index < -0.39 is 6.10 Å². The summed E-state index contributed by atoms with van der Waals surface area (Å²) in [5.74, 6) is 0. The topological polar surface area (TPSA) is 68.1 Å². The maximum Gasteiger partial charge on any atom is 0.134 e. The van der Waals surface area contributed by atoms with Crippen LogP contribution in [0.2, 0.25) is 0 Å². The van der Waals surface area contributed by atoms with Gasteiger partial charge in [0.25, 0.3) is 0 Å². The summed E-state index contributed by atoms with van der Waals surface area (Å²) < 4.78 is 0. The fourth-order valence-electron chi connectivity index (χ4n) is 3.08. The molecule has 3 heteroatoms. The van der Waals surface area contributed by atoms with Crippen molar-refractivity contribution in [3.63, 3.8) is 0 Å². The number of hydrogen-bond donors (Lipinski definition) is 3. The second-order valence-electron chi connectivity index (χ2n) is 7.25. The highest BCUT2D eigenvalue weighted by molar-refractivity contribution is 4.64. The Labute approximate surface area is 145 Å². The van der Waals surface area contributed by atoms with Gasteiger partial charge in [0.05, 0.1) is 6.61 Å². The Kier molecular flexibility index (Phi) is 18.1. The molecule has 23 heavy (non-hydrogen) atoms. The van der Waals surface area contributed by atoms with Crippen LogP contribution in [0.3, 0.4) is 0 Å². The van der Waals surface area contributed by atoms with Crippen LogP contribution < -0.4 is 5.73 Å². The molecule has 0 aromatic carbocycles. The lowest BCUT2D eigenvalue weighted by molar-refractivity contribution is -0.443. The molecule has 0 fully saturated rings. The maximum absolute atomic E-state index is 9.70. The molecule has 0 aliphatic rings. The zero-order valence-electron chi connectivity index (χ0n) is 15.8. The van der Waals surface area contributed by atoms with Crippen molar-refractivity contribution in [2.45, 2.75) is 122 Å². The average Bonchev–Trinajstić information content (AvgIpc) is 2.57. The van der Waals surface area contributed by atoms with Crippen molar-refractivity contribution in [2.75, 3.05) is 6.61 Å². The van der Waals surface area contributed by atoms with Crippen molar-refractivity contribution < 1.29 is 15.9 Å². The summed E-state index contributed by atoms with van der Waals surface area (Å²) in [4.78, 5) is 0. The highest BCUT2D eigenvalue weighted by atomic mass is 16.3. The zero-order valence-corrected chi connectivity index (χ0v) is 15.8. The van der Waals surface area contributed by atoms with Gasteiger partial charge in [0.1, 0.15) is 12.1 Å². The molecule has 3 nitrogen and oxygen atoms in total. The fraction of sp³-hybridized carbons (Fsp3) is 1.00. The number of quaternary nitrogens is 1. The van der Waals surface area contributed by atoms with Crippen LogP contribution in [0.1, 0.15) is 110 Å². The number of hydrogen-bond acceptors (Lipinski definition) is 2. The minimum Gasteiger partial charge on any atom is -0.390 e. The van der Waals surface area contributed by atoms with Gasteiger partial charge in [-0.25, -0.2) is 0 Å². The van der Waals surface area contributed by atoms with Crippen molar-refractivity contribution in [3.05, 3.63) is 0 Å². The molecule has 5 N–H and O–H groups in total. The molecule has 0 aliphatic carbocycles. The Bertz CT molecular complexity index is 224. The summed E-state index contributed by atoms with van der Waals surface area (Å²) in [6, 6.07) is -0.221. The van der Waals surface area contributed by atoms with Crippen molar-refractivity contribution >= 4 is 0 Å². The van der Waals surface area contributed by atoms with Crippen LogP contribution in [0.5, 0.6) is 0 Å². The first-order valence-corrected chi connectivity index (χ1v) is 10.3. The van der Waals surface area contributed by atoms with Gasteiger partial charge in [0.15, 0.2) is 0 Å². The Morgan fingerprint density at radius 3 is 1.35 bits per heavy atom. The maximum atomic E-state index is 9.70. The zero-order chi connectivity index (χ0) is 17.2. The van der Waals surface area contributed by atoms with E-state index in [9.17, 15) is 5.11 Å². The van der Waals surface area contributed by atoms with Gasteiger partial charge in [-0.2, -0.15) is 0 Å². The molecule has 0 aromatic heterocycles. The van der Waals surface area contributed by atoms with E-state index in [2.05, 4.69) is 12.7 Å². The van der Waals surface area contributed by atoms with Crippen LogP contribution in [0.25, 0.3) is 0 Å². The monoisotopic (exact) mass is 330 g/mol. The van der Waals surface area contributed by atoms with Gasteiger partial charge >= 0.3 is 0 Å². The third kappa shape index (κ3) is 16.5. The number of unbranched alkanes of at least 4 members (excludes halogenated alkanes) is 14. The summed E-state index contributed by atoms with van der Waals surface area (Å²) in [5, 5.41) is 18.6. The van der Waals surface area contributed by atoms with Gasteiger partial charge in [-0.05, 0) is 6.42 Å². The molecule has 0 radical (unpaired) electrons. The molecular formula is C20H44NO2+. The van der Waals surface area contributed by atoms with Crippen LogP contribution in [0, 0.1) is 0 Å². The van der Waals surface area contributed by atoms with Gasteiger partial charge in [-0.3, -0.25) is 0 Å². The van der Waals surface area contributed by atoms with Gasteiger partial charge in [-0.15, -0.1) is 0 Å². The molecule has 0 aromatic rings. The highest BCUT2D eigenvalue weighted by Crippen LogP contribution is 2.14. The van der Waals surface area contributed by atoms with Gasteiger partial charge < -0.3 is 15.9 Å². The van der Waals surface area contributed by atoms with E-state index in [0.29, 0.717) is 0 Å². The molecule has 0 bridgehead atoms. The normalized spacial score (nSPS) is 14.1. The first-order valence-electron chi connectivity index (χ1n) is 10.3. The Balaban J connectivity index is 3.08. The van der Waals surface area contributed by atoms with Crippen LogP contribution in [-0.2, 0) is 0 Å². The molecule has 140 valence electrons. The molecule has 0 rings (SSSR count). The molecule has 0 aliphatic heterocycles. The largest absolute Gasteiger partial charge is 0.390 e.